The number of aryl methyl sites for hydroxylation is 1. The van der Waals surface area contributed by atoms with Crippen molar-refractivity contribution in [2.45, 2.75) is 19.7 Å². The largest absolute Gasteiger partial charge is 0.487 e. The number of amides is 1. The van der Waals surface area contributed by atoms with Crippen molar-refractivity contribution in [3.05, 3.63) is 88.0 Å². The van der Waals surface area contributed by atoms with Gasteiger partial charge in [0.05, 0.1) is 11.3 Å². The number of halogens is 3. The SMILES string of the molecule is Cc1cc2nc(COc3ccc(NC(=O)COc4cccc(C(F)(F)F)c4)cc3)cc(=O)n2o1. The number of carbonyl (C=O) groups is 1. The van der Waals surface area contributed by atoms with Gasteiger partial charge in [0, 0.05) is 17.8 Å². The van der Waals surface area contributed by atoms with E-state index in [1.807, 2.05) is 0 Å². The van der Waals surface area contributed by atoms with Crippen LogP contribution in [0.2, 0.25) is 0 Å². The Morgan fingerprint density at radius 3 is 2.56 bits per heavy atom. The second-order valence-corrected chi connectivity index (χ2v) is 7.26. The standard InChI is InChI=1S/C23H18F3N3O5/c1-14-9-20-27-17(11-22(31)29(20)34-14)12-32-18-7-5-16(6-8-18)28-21(30)13-33-19-4-2-3-15(10-19)23(24,25)26/h2-11H,12-13H2,1H3,(H,28,30). The number of benzene rings is 2. The van der Waals surface area contributed by atoms with Gasteiger partial charge in [-0.15, -0.1) is 4.57 Å². The van der Waals surface area contributed by atoms with Crippen LogP contribution in [0.3, 0.4) is 0 Å². The topological polar surface area (TPSA) is 95.1 Å². The average Bonchev–Trinajstić information content (AvgIpc) is 3.18. The number of anilines is 1. The molecule has 0 aliphatic rings. The summed E-state index contributed by atoms with van der Waals surface area (Å²) in [7, 11) is 0. The minimum absolute atomic E-state index is 0.0481. The lowest BCUT2D eigenvalue weighted by molar-refractivity contribution is -0.137. The van der Waals surface area contributed by atoms with Crippen LogP contribution in [0, 0.1) is 6.92 Å². The van der Waals surface area contributed by atoms with Crippen molar-refractivity contribution < 1.29 is 32.0 Å². The fourth-order valence-electron chi connectivity index (χ4n) is 3.05. The monoisotopic (exact) mass is 473 g/mol. The Morgan fingerprint density at radius 1 is 1.06 bits per heavy atom. The summed E-state index contributed by atoms with van der Waals surface area (Å²) in [5, 5.41) is 2.58. The Balaban J connectivity index is 1.30. The van der Waals surface area contributed by atoms with Gasteiger partial charge in [-0.3, -0.25) is 9.59 Å². The van der Waals surface area contributed by atoms with E-state index in [1.165, 1.54) is 18.2 Å². The maximum atomic E-state index is 12.8. The van der Waals surface area contributed by atoms with Crippen LogP contribution < -0.4 is 20.3 Å². The van der Waals surface area contributed by atoms with Crippen molar-refractivity contribution in [3.63, 3.8) is 0 Å². The summed E-state index contributed by atoms with van der Waals surface area (Å²) < 4.78 is 55.4. The molecule has 176 valence electrons. The Labute approximate surface area is 190 Å². The number of hydrogen-bond acceptors (Lipinski definition) is 6. The van der Waals surface area contributed by atoms with E-state index in [9.17, 15) is 22.8 Å². The summed E-state index contributed by atoms with van der Waals surface area (Å²) in [4.78, 5) is 28.4. The first-order valence-corrected chi connectivity index (χ1v) is 10.00. The smallest absolute Gasteiger partial charge is 0.416 e. The zero-order valence-corrected chi connectivity index (χ0v) is 17.8. The maximum Gasteiger partial charge on any atom is 0.416 e. The van der Waals surface area contributed by atoms with E-state index in [2.05, 4.69) is 10.3 Å². The molecule has 34 heavy (non-hydrogen) atoms. The van der Waals surface area contributed by atoms with E-state index in [1.54, 1.807) is 37.3 Å². The van der Waals surface area contributed by atoms with Crippen molar-refractivity contribution in [2.75, 3.05) is 11.9 Å². The molecule has 0 aliphatic heterocycles. The Kier molecular flexibility index (Phi) is 6.26. The van der Waals surface area contributed by atoms with Gasteiger partial charge < -0.3 is 19.3 Å². The number of ether oxygens (including phenoxy) is 2. The van der Waals surface area contributed by atoms with Crippen molar-refractivity contribution in [3.8, 4) is 11.5 Å². The molecule has 4 rings (SSSR count). The Hall–Kier alpha value is -4.28. The highest BCUT2D eigenvalue weighted by Crippen LogP contribution is 2.31. The Morgan fingerprint density at radius 2 is 1.82 bits per heavy atom. The second kappa shape index (κ2) is 9.30. The van der Waals surface area contributed by atoms with E-state index in [-0.39, 0.29) is 17.9 Å². The van der Waals surface area contributed by atoms with Crippen LogP contribution in [-0.4, -0.2) is 22.1 Å². The molecular weight excluding hydrogens is 455 g/mol. The van der Waals surface area contributed by atoms with Gasteiger partial charge in [-0.25, -0.2) is 4.98 Å². The first-order valence-electron chi connectivity index (χ1n) is 10.00. The molecule has 4 aromatic rings. The summed E-state index contributed by atoms with van der Waals surface area (Å²) in [5.74, 6) is 0.425. The first-order chi connectivity index (χ1) is 16.2. The fourth-order valence-corrected chi connectivity index (χ4v) is 3.05. The molecule has 1 amide bonds. The van der Waals surface area contributed by atoms with Crippen LogP contribution in [0.15, 0.2) is 70.0 Å². The van der Waals surface area contributed by atoms with E-state index >= 15 is 0 Å². The lowest BCUT2D eigenvalue weighted by Gasteiger charge is -2.11. The van der Waals surface area contributed by atoms with Crippen LogP contribution >= 0.6 is 0 Å². The van der Waals surface area contributed by atoms with Crippen LogP contribution in [0.25, 0.3) is 5.65 Å². The number of aromatic nitrogens is 2. The summed E-state index contributed by atoms with van der Waals surface area (Å²) in [6, 6.07) is 13.6. The number of carbonyl (C=O) groups excluding carboxylic acids is 1. The van der Waals surface area contributed by atoms with Crippen molar-refractivity contribution in [1.82, 2.24) is 9.56 Å². The highest BCUT2D eigenvalue weighted by Gasteiger charge is 2.30. The van der Waals surface area contributed by atoms with Crippen LogP contribution in [0.4, 0.5) is 18.9 Å². The number of alkyl halides is 3. The first kappa shape index (κ1) is 22.9. The molecule has 2 aromatic carbocycles. The molecule has 2 heterocycles. The van der Waals surface area contributed by atoms with E-state index in [4.69, 9.17) is 14.0 Å². The molecule has 8 nitrogen and oxygen atoms in total. The zero-order valence-electron chi connectivity index (χ0n) is 17.8. The molecule has 0 unspecified atom stereocenters. The molecule has 0 aliphatic carbocycles. The summed E-state index contributed by atoms with van der Waals surface area (Å²) in [5.41, 5.74) is 0.0314. The normalized spacial score (nSPS) is 11.4. The average molecular weight is 473 g/mol. The van der Waals surface area contributed by atoms with Crippen LogP contribution in [-0.2, 0) is 17.6 Å². The van der Waals surface area contributed by atoms with Gasteiger partial charge in [0.1, 0.15) is 23.9 Å². The predicted molar refractivity (Wildman–Crippen MR) is 115 cm³/mol. The second-order valence-electron chi connectivity index (χ2n) is 7.26. The van der Waals surface area contributed by atoms with Crippen molar-refractivity contribution in [2.24, 2.45) is 0 Å². The van der Waals surface area contributed by atoms with Crippen LogP contribution in [0.1, 0.15) is 17.0 Å². The van der Waals surface area contributed by atoms with E-state index in [0.29, 0.717) is 28.5 Å². The molecule has 0 spiro atoms. The molecule has 0 radical (unpaired) electrons. The lowest BCUT2D eigenvalue weighted by Crippen LogP contribution is -2.20. The molecule has 0 saturated heterocycles. The van der Waals surface area contributed by atoms with Gasteiger partial charge in [-0.2, -0.15) is 13.2 Å². The van der Waals surface area contributed by atoms with Crippen LogP contribution in [0.5, 0.6) is 11.5 Å². The third-order valence-corrected chi connectivity index (χ3v) is 4.58. The van der Waals surface area contributed by atoms with Gasteiger partial charge in [-0.1, -0.05) is 6.07 Å². The highest BCUT2D eigenvalue weighted by atomic mass is 19.4. The lowest BCUT2D eigenvalue weighted by atomic mass is 10.2. The Bertz CT molecular complexity index is 1380. The van der Waals surface area contributed by atoms with Gasteiger partial charge >= 0.3 is 6.18 Å². The minimum atomic E-state index is -4.50. The summed E-state index contributed by atoms with van der Waals surface area (Å²) >= 11 is 0. The molecule has 0 atom stereocenters. The molecule has 11 heteroatoms. The highest BCUT2D eigenvalue weighted by molar-refractivity contribution is 5.91. The number of rotatable bonds is 7. The third kappa shape index (κ3) is 5.55. The molecule has 0 saturated carbocycles. The quantitative estimate of drug-likeness (QED) is 0.432. The molecule has 2 aromatic heterocycles. The summed E-state index contributed by atoms with van der Waals surface area (Å²) in [6.07, 6.45) is -4.50. The van der Waals surface area contributed by atoms with Gasteiger partial charge in [0.25, 0.3) is 11.5 Å². The molecular formula is C23H18F3N3O5. The number of nitrogens with one attached hydrogen (secondary N) is 1. The molecule has 0 bridgehead atoms. The predicted octanol–water partition coefficient (Wildman–Crippen LogP) is 4.21. The van der Waals surface area contributed by atoms with Crippen molar-refractivity contribution in [1.29, 1.82) is 0 Å². The number of hydrogen-bond donors (Lipinski definition) is 1. The fraction of sp³-hybridized carbons (Fsp3) is 0.174. The molecule has 0 fully saturated rings. The van der Waals surface area contributed by atoms with E-state index < -0.39 is 24.3 Å². The van der Waals surface area contributed by atoms with Gasteiger partial charge in [0.2, 0.25) is 0 Å². The number of fused-ring (bicyclic) bond motifs is 1. The van der Waals surface area contributed by atoms with Gasteiger partial charge in [-0.05, 0) is 49.4 Å². The minimum Gasteiger partial charge on any atom is -0.487 e. The van der Waals surface area contributed by atoms with Gasteiger partial charge in [0.15, 0.2) is 12.3 Å². The van der Waals surface area contributed by atoms with Crippen molar-refractivity contribution >= 4 is 17.2 Å². The zero-order chi connectivity index (χ0) is 24.3. The summed E-state index contributed by atoms with van der Waals surface area (Å²) in [6.45, 7) is 1.30. The number of nitrogens with zero attached hydrogens (tertiary/aromatic N) is 2. The maximum absolute atomic E-state index is 12.8. The van der Waals surface area contributed by atoms with E-state index in [0.717, 1.165) is 16.7 Å². The molecule has 1 N–H and O–H groups in total. The third-order valence-electron chi connectivity index (χ3n) is 4.58.